The second-order valence-electron chi connectivity index (χ2n) is 6.80. The van der Waals surface area contributed by atoms with Gasteiger partial charge in [-0.05, 0) is 23.8 Å². The minimum Gasteiger partial charge on any atom is -0.351 e. The number of hydrogen-bond acceptors (Lipinski definition) is 5. The summed E-state index contributed by atoms with van der Waals surface area (Å²) in [6, 6.07) is 16.8. The van der Waals surface area contributed by atoms with Crippen LogP contribution in [-0.4, -0.2) is 22.4 Å². The fraction of sp³-hybridized carbons (Fsp3) is 0.174. The Bertz CT molecular complexity index is 1180. The molecule has 0 saturated carbocycles. The zero-order valence-corrected chi connectivity index (χ0v) is 18.9. The molecule has 0 atom stereocenters. The number of pyridine rings is 1. The fourth-order valence-electron chi connectivity index (χ4n) is 2.89. The molecule has 1 amide bonds. The number of thioether (sulfide) groups is 2. The maximum Gasteiger partial charge on any atom is 0.417 e. The van der Waals surface area contributed by atoms with E-state index in [4.69, 9.17) is 0 Å². The van der Waals surface area contributed by atoms with Crippen LogP contribution >= 0.6 is 23.5 Å². The lowest BCUT2D eigenvalue weighted by atomic mass is 10.1. The smallest absolute Gasteiger partial charge is 0.351 e. The number of aromatic nitrogens is 1. The first kappa shape index (κ1) is 25.5. The fourth-order valence-corrected chi connectivity index (χ4v) is 4.23. The molecule has 3 rings (SSSR count). The maximum absolute atomic E-state index is 13.7. The molecular weight excluding hydrogens is 493 g/mol. The highest BCUT2D eigenvalue weighted by Crippen LogP contribution is 2.38. The number of benzene rings is 2. The lowest BCUT2D eigenvalue weighted by Crippen LogP contribution is -2.24. The first-order valence-corrected chi connectivity index (χ1v) is 11.5. The quantitative estimate of drug-likeness (QED) is 0.283. The van der Waals surface area contributed by atoms with E-state index in [0.717, 1.165) is 11.6 Å². The number of amides is 1. The molecule has 0 aliphatic rings. The van der Waals surface area contributed by atoms with Gasteiger partial charge in [-0.2, -0.15) is 27.2 Å². The normalized spacial score (nSPS) is 11.3. The molecule has 11 heteroatoms. The van der Waals surface area contributed by atoms with E-state index in [-0.39, 0.29) is 33.5 Å². The Kier molecular flexibility index (Phi) is 8.52. The molecule has 1 heterocycles. The molecule has 4 nitrogen and oxygen atoms in total. The molecule has 176 valence electrons. The zero-order valence-electron chi connectivity index (χ0n) is 17.3. The van der Waals surface area contributed by atoms with Gasteiger partial charge >= 0.3 is 6.18 Å². The van der Waals surface area contributed by atoms with Crippen LogP contribution in [0.15, 0.2) is 70.6 Å². The number of carbonyl (C=O) groups excluding carboxylic acids is 1. The summed E-state index contributed by atoms with van der Waals surface area (Å²) in [5.41, 5.74) is -0.845. The van der Waals surface area contributed by atoms with Crippen LogP contribution in [0, 0.1) is 11.3 Å². The Morgan fingerprint density at radius 1 is 1.09 bits per heavy atom. The van der Waals surface area contributed by atoms with Gasteiger partial charge in [0.05, 0.1) is 22.6 Å². The second-order valence-corrected chi connectivity index (χ2v) is 8.83. The molecule has 0 aliphatic carbocycles. The molecule has 3 aromatic rings. The van der Waals surface area contributed by atoms with E-state index in [2.05, 4.69) is 10.3 Å². The van der Waals surface area contributed by atoms with Gasteiger partial charge in [0.15, 0.2) is 0 Å². The van der Waals surface area contributed by atoms with E-state index in [9.17, 15) is 32.0 Å². The monoisotopic (exact) mass is 509 g/mol. The van der Waals surface area contributed by atoms with Crippen molar-refractivity contribution in [2.75, 3.05) is 5.75 Å². The van der Waals surface area contributed by atoms with Crippen LogP contribution in [0.25, 0.3) is 11.3 Å². The van der Waals surface area contributed by atoms with E-state index in [1.807, 2.05) is 30.3 Å². The van der Waals surface area contributed by atoms with Crippen molar-refractivity contribution < 1.29 is 26.7 Å². The van der Waals surface area contributed by atoms with E-state index in [0.29, 0.717) is 23.5 Å². The SMILES string of the molecule is N#Cc1c(C(F)(F)F)cc(-c2ccc(SC(F)F)cc2)nc1SCC(=O)NCc1ccccc1. The average molecular weight is 510 g/mol. The third-order valence-corrected chi connectivity index (χ3v) is 6.15. The van der Waals surface area contributed by atoms with Crippen LogP contribution in [0.4, 0.5) is 22.0 Å². The first-order chi connectivity index (χ1) is 16.2. The summed E-state index contributed by atoms with van der Waals surface area (Å²) in [5.74, 6) is -3.32. The Morgan fingerprint density at radius 2 is 1.76 bits per heavy atom. The van der Waals surface area contributed by atoms with Gasteiger partial charge < -0.3 is 5.32 Å². The van der Waals surface area contributed by atoms with Crippen molar-refractivity contribution >= 4 is 29.4 Å². The van der Waals surface area contributed by atoms with Gasteiger partial charge in [0, 0.05) is 17.0 Å². The molecule has 0 fully saturated rings. The summed E-state index contributed by atoms with van der Waals surface area (Å²) >= 11 is 1.02. The highest BCUT2D eigenvalue weighted by atomic mass is 32.2. The molecule has 1 N–H and O–H groups in total. The van der Waals surface area contributed by atoms with Crippen molar-refractivity contribution in [1.82, 2.24) is 10.3 Å². The number of alkyl halides is 5. The van der Waals surface area contributed by atoms with Crippen molar-refractivity contribution in [3.8, 4) is 17.3 Å². The second kappa shape index (κ2) is 11.4. The highest BCUT2D eigenvalue weighted by Gasteiger charge is 2.36. The molecule has 34 heavy (non-hydrogen) atoms. The summed E-state index contributed by atoms with van der Waals surface area (Å²) in [5, 5.41) is 11.8. The zero-order chi connectivity index (χ0) is 24.7. The van der Waals surface area contributed by atoms with Gasteiger partial charge in [0.2, 0.25) is 5.91 Å². The molecule has 0 aliphatic heterocycles. The van der Waals surface area contributed by atoms with Crippen LogP contribution in [0.1, 0.15) is 16.7 Å². The van der Waals surface area contributed by atoms with Gasteiger partial charge in [0.25, 0.3) is 5.76 Å². The predicted octanol–water partition coefficient (Wildman–Crippen LogP) is 6.36. The van der Waals surface area contributed by atoms with Crippen LogP contribution in [0.2, 0.25) is 0 Å². The summed E-state index contributed by atoms with van der Waals surface area (Å²) < 4.78 is 66.1. The molecule has 0 saturated heterocycles. The Labute approximate surface area is 200 Å². The van der Waals surface area contributed by atoms with Crippen molar-refractivity contribution in [3.05, 3.63) is 77.4 Å². The number of nitriles is 1. The molecule has 0 spiro atoms. The van der Waals surface area contributed by atoms with Gasteiger partial charge in [-0.25, -0.2) is 4.98 Å². The van der Waals surface area contributed by atoms with E-state index in [1.165, 1.54) is 30.3 Å². The van der Waals surface area contributed by atoms with Gasteiger partial charge in [-0.3, -0.25) is 4.79 Å². The number of halogens is 5. The van der Waals surface area contributed by atoms with Gasteiger partial charge in [0.1, 0.15) is 11.1 Å². The highest BCUT2D eigenvalue weighted by molar-refractivity contribution is 8.00. The Hall–Kier alpha value is -3.10. The average Bonchev–Trinajstić information content (AvgIpc) is 2.81. The van der Waals surface area contributed by atoms with Crippen LogP contribution < -0.4 is 5.32 Å². The van der Waals surface area contributed by atoms with Gasteiger partial charge in [-0.15, -0.1) is 0 Å². The number of hydrogen-bond donors (Lipinski definition) is 1. The molecule has 1 aromatic heterocycles. The minimum absolute atomic E-state index is 0.0906. The van der Waals surface area contributed by atoms with E-state index >= 15 is 0 Å². The summed E-state index contributed by atoms with van der Waals surface area (Å²) in [6.07, 6.45) is -4.83. The molecular formula is C23H16F5N3OS2. The van der Waals surface area contributed by atoms with Crippen LogP contribution in [0.3, 0.4) is 0 Å². The standard InChI is InChI=1S/C23H16F5N3OS2/c24-22(25)34-16-8-6-15(7-9-16)19-10-18(23(26,27)28)17(11-29)21(31-19)33-13-20(32)30-12-14-4-2-1-3-5-14/h1-10,22H,12-13H2,(H,30,32). The van der Waals surface area contributed by atoms with Crippen molar-refractivity contribution in [2.45, 2.75) is 28.4 Å². The van der Waals surface area contributed by atoms with E-state index < -0.39 is 29.0 Å². The van der Waals surface area contributed by atoms with Crippen molar-refractivity contribution in [1.29, 1.82) is 5.26 Å². The molecule has 0 unspecified atom stereocenters. The lowest BCUT2D eigenvalue weighted by Gasteiger charge is -2.14. The topological polar surface area (TPSA) is 65.8 Å². The lowest BCUT2D eigenvalue weighted by molar-refractivity contribution is -0.138. The van der Waals surface area contributed by atoms with Gasteiger partial charge in [-0.1, -0.05) is 66.0 Å². The summed E-state index contributed by atoms with van der Waals surface area (Å²) in [6.45, 7) is 0.246. The molecule has 0 bridgehead atoms. The third kappa shape index (κ3) is 6.95. The first-order valence-electron chi connectivity index (χ1n) is 9.68. The van der Waals surface area contributed by atoms with E-state index in [1.54, 1.807) is 0 Å². The van der Waals surface area contributed by atoms with Crippen molar-refractivity contribution in [2.24, 2.45) is 0 Å². The molecule has 0 radical (unpaired) electrons. The largest absolute Gasteiger partial charge is 0.417 e. The number of nitrogens with one attached hydrogen (secondary N) is 1. The van der Waals surface area contributed by atoms with Crippen molar-refractivity contribution in [3.63, 3.8) is 0 Å². The number of carbonyl (C=O) groups is 1. The van der Waals surface area contributed by atoms with Crippen LogP contribution in [0.5, 0.6) is 0 Å². The Morgan fingerprint density at radius 3 is 2.35 bits per heavy atom. The minimum atomic E-state index is -4.83. The number of nitrogens with zero attached hydrogens (tertiary/aromatic N) is 2. The predicted molar refractivity (Wildman–Crippen MR) is 120 cm³/mol. The maximum atomic E-state index is 13.7. The van der Waals surface area contributed by atoms with Crippen LogP contribution in [-0.2, 0) is 17.5 Å². The third-order valence-electron chi connectivity index (χ3n) is 4.45. The summed E-state index contributed by atoms with van der Waals surface area (Å²) in [4.78, 5) is 16.6. The molecule has 2 aromatic carbocycles. The number of rotatable bonds is 8. The summed E-state index contributed by atoms with van der Waals surface area (Å²) in [7, 11) is 0. The Balaban J connectivity index is 1.85.